The molecule has 210 valence electrons. The van der Waals surface area contributed by atoms with Gasteiger partial charge in [0, 0.05) is 29.2 Å². The molecule has 7 rings (SSSR count). The third kappa shape index (κ3) is 6.07. The summed E-state index contributed by atoms with van der Waals surface area (Å²) in [5, 5.41) is 7.97. The van der Waals surface area contributed by atoms with Gasteiger partial charge >= 0.3 is 0 Å². The minimum atomic E-state index is 0.888. The maximum Gasteiger partial charge on any atom is 0.119 e. The molecular weight excluding hydrogens is 524 g/mol. The largest absolute Gasteiger partial charge is 0.497 e. The number of benzene rings is 7. The Hall–Kier alpha value is -5.54. The second-order valence-corrected chi connectivity index (χ2v) is 10.2. The Morgan fingerprint density at radius 1 is 0.465 bits per heavy atom. The maximum atomic E-state index is 4.99. The summed E-state index contributed by atoms with van der Waals surface area (Å²) in [6, 6.07) is 57.5. The van der Waals surface area contributed by atoms with Crippen LogP contribution < -0.4 is 15.0 Å². The fourth-order valence-electron chi connectivity index (χ4n) is 5.41. The zero-order valence-electron chi connectivity index (χ0n) is 24.4. The molecule has 0 atom stereocenters. The molecule has 0 aliphatic rings. The molecule has 43 heavy (non-hydrogen) atoms. The Bertz CT molecular complexity index is 1820. The fraction of sp³-hybridized carbons (Fsp3) is 0.0500. The quantitative estimate of drug-likeness (QED) is 0.220. The number of hydrogen-bond donors (Lipinski definition) is 1. The summed E-state index contributed by atoms with van der Waals surface area (Å²) in [5.41, 5.74) is 7.04. The average Bonchev–Trinajstić information content (AvgIpc) is 3.09. The van der Waals surface area contributed by atoms with Crippen LogP contribution in [0, 0.1) is 0 Å². The molecule has 3 heteroatoms. The van der Waals surface area contributed by atoms with E-state index < -0.39 is 0 Å². The minimum Gasteiger partial charge on any atom is -0.497 e. The molecule has 0 fully saturated rings. The van der Waals surface area contributed by atoms with Crippen LogP contribution in [0.15, 0.2) is 164 Å². The number of hydrogen-bond acceptors (Lipinski definition) is 3. The monoisotopic (exact) mass is 558 g/mol. The predicted molar refractivity (Wildman–Crippen MR) is 184 cm³/mol. The lowest BCUT2D eigenvalue weighted by Gasteiger charge is -2.28. The molecule has 0 heterocycles. The van der Waals surface area contributed by atoms with Gasteiger partial charge in [0.15, 0.2) is 0 Å². The molecule has 0 aliphatic heterocycles. The Morgan fingerprint density at radius 2 is 0.953 bits per heavy atom. The fourth-order valence-corrected chi connectivity index (χ4v) is 5.41. The van der Waals surface area contributed by atoms with Crippen LogP contribution in [-0.2, 0) is 0 Å². The molecule has 1 N–H and O–H groups in total. The predicted octanol–water partition coefficient (Wildman–Crippen LogP) is 10.9. The summed E-state index contributed by atoms with van der Waals surface area (Å²) in [6.45, 7) is 0. The lowest BCUT2D eigenvalue weighted by Crippen LogP contribution is -2.11. The van der Waals surface area contributed by atoms with Crippen molar-refractivity contribution in [3.8, 4) is 16.9 Å². The van der Waals surface area contributed by atoms with Gasteiger partial charge in [-0.1, -0.05) is 115 Å². The third-order valence-corrected chi connectivity index (χ3v) is 7.63. The molecule has 0 unspecified atom stereocenters. The molecular formula is C40H34N2O. The zero-order valence-corrected chi connectivity index (χ0v) is 24.4. The van der Waals surface area contributed by atoms with Crippen molar-refractivity contribution < 1.29 is 4.74 Å². The second kappa shape index (κ2) is 13.0. The van der Waals surface area contributed by atoms with Crippen LogP contribution >= 0.6 is 0 Å². The van der Waals surface area contributed by atoms with Gasteiger partial charge in [0.05, 0.1) is 18.5 Å². The van der Waals surface area contributed by atoms with E-state index >= 15 is 0 Å². The first-order valence-electron chi connectivity index (χ1n) is 14.5. The lowest BCUT2D eigenvalue weighted by atomic mass is 10.0. The Labute approximate surface area is 253 Å². The van der Waals surface area contributed by atoms with Crippen molar-refractivity contribution in [2.24, 2.45) is 0 Å². The number of anilines is 4. The molecule has 7 aromatic rings. The van der Waals surface area contributed by atoms with Crippen molar-refractivity contribution >= 4 is 44.3 Å². The van der Waals surface area contributed by atoms with Crippen molar-refractivity contribution in [1.29, 1.82) is 0 Å². The van der Waals surface area contributed by atoms with Crippen molar-refractivity contribution in [2.75, 3.05) is 24.4 Å². The minimum absolute atomic E-state index is 0.888. The van der Waals surface area contributed by atoms with E-state index in [1.165, 1.54) is 44.0 Å². The van der Waals surface area contributed by atoms with Gasteiger partial charge in [-0.05, 0) is 70.4 Å². The summed E-state index contributed by atoms with van der Waals surface area (Å²) < 4.78 is 4.99. The topological polar surface area (TPSA) is 24.5 Å². The normalized spacial score (nSPS) is 10.6. The molecule has 0 bridgehead atoms. The van der Waals surface area contributed by atoms with E-state index in [1.807, 2.05) is 31.3 Å². The van der Waals surface area contributed by atoms with Gasteiger partial charge in [-0.2, -0.15) is 0 Å². The van der Waals surface area contributed by atoms with Gasteiger partial charge in [-0.25, -0.2) is 0 Å². The first-order valence-corrected chi connectivity index (χ1v) is 14.5. The van der Waals surface area contributed by atoms with E-state index in [1.54, 1.807) is 7.11 Å². The summed E-state index contributed by atoms with van der Waals surface area (Å²) in [6.07, 6.45) is 0. The first-order chi connectivity index (χ1) is 21.2. The van der Waals surface area contributed by atoms with Crippen LogP contribution in [0.1, 0.15) is 0 Å². The molecule has 0 spiro atoms. The van der Waals surface area contributed by atoms with Crippen molar-refractivity contribution in [3.05, 3.63) is 164 Å². The van der Waals surface area contributed by atoms with Crippen molar-refractivity contribution in [1.82, 2.24) is 0 Å². The van der Waals surface area contributed by atoms with Gasteiger partial charge in [0.2, 0.25) is 0 Å². The van der Waals surface area contributed by atoms with Gasteiger partial charge in [0.1, 0.15) is 5.75 Å². The molecule has 0 radical (unpaired) electrons. The summed E-state index contributed by atoms with van der Waals surface area (Å²) >= 11 is 0. The van der Waals surface area contributed by atoms with Crippen molar-refractivity contribution in [2.45, 2.75) is 0 Å². The SMILES string of the molecule is CNc1ccc(OC)cc1.c1ccc(-c2ccc(N(c3cccc4ccccc34)c3cccc4ccccc34)cc2)cc1. The highest BCUT2D eigenvalue weighted by Gasteiger charge is 2.17. The van der Waals surface area contributed by atoms with Crippen molar-refractivity contribution in [3.63, 3.8) is 0 Å². The summed E-state index contributed by atoms with van der Waals surface area (Å²) in [5.74, 6) is 0.888. The number of nitrogens with zero attached hydrogens (tertiary/aromatic N) is 1. The van der Waals surface area contributed by atoms with Crippen LogP contribution in [0.4, 0.5) is 22.7 Å². The zero-order chi connectivity index (χ0) is 29.4. The molecule has 3 nitrogen and oxygen atoms in total. The molecule has 0 amide bonds. The van der Waals surface area contributed by atoms with Crippen LogP contribution in [0.3, 0.4) is 0 Å². The molecule has 0 saturated carbocycles. The van der Waals surface area contributed by atoms with Crippen LogP contribution in [0.25, 0.3) is 32.7 Å². The Kier molecular flexibility index (Phi) is 8.33. The molecule has 0 saturated heterocycles. The van der Waals surface area contributed by atoms with Gasteiger partial charge in [0.25, 0.3) is 0 Å². The van der Waals surface area contributed by atoms with E-state index in [4.69, 9.17) is 4.74 Å². The van der Waals surface area contributed by atoms with Crippen LogP contribution in [-0.4, -0.2) is 14.2 Å². The van der Waals surface area contributed by atoms with E-state index in [2.05, 4.69) is 150 Å². The first kappa shape index (κ1) is 27.6. The number of fused-ring (bicyclic) bond motifs is 2. The van der Waals surface area contributed by atoms with E-state index in [0.29, 0.717) is 0 Å². The number of rotatable bonds is 6. The average molecular weight is 559 g/mol. The maximum absolute atomic E-state index is 4.99. The highest BCUT2D eigenvalue weighted by Crippen LogP contribution is 2.42. The third-order valence-electron chi connectivity index (χ3n) is 7.63. The van der Waals surface area contributed by atoms with Crippen LogP contribution in [0.2, 0.25) is 0 Å². The number of methoxy groups -OCH3 is 1. The molecule has 7 aromatic carbocycles. The number of nitrogens with one attached hydrogen (secondary N) is 1. The van der Waals surface area contributed by atoms with Gasteiger partial charge in [-0.15, -0.1) is 0 Å². The Morgan fingerprint density at radius 3 is 1.49 bits per heavy atom. The van der Waals surface area contributed by atoms with E-state index in [9.17, 15) is 0 Å². The highest BCUT2D eigenvalue weighted by atomic mass is 16.5. The second-order valence-electron chi connectivity index (χ2n) is 10.2. The summed E-state index contributed by atoms with van der Waals surface area (Å²) in [7, 11) is 3.55. The molecule has 0 aromatic heterocycles. The van der Waals surface area contributed by atoms with E-state index in [-0.39, 0.29) is 0 Å². The standard InChI is InChI=1S/C32H23N.C8H11NO/c1-2-10-24(11-3-1)25-20-22-28(23-21-25)33(31-18-8-14-26-12-4-6-16-29(26)31)32-19-9-15-27-13-5-7-17-30(27)32;1-9-7-3-5-8(10-2)6-4-7/h1-23H;3-6,9H,1-2H3. The lowest BCUT2D eigenvalue weighted by molar-refractivity contribution is 0.415. The van der Waals surface area contributed by atoms with E-state index in [0.717, 1.165) is 17.1 Å². The van der Waals surface area contributed by atoms with Gasteiger partial charge in [-0.3, -0.25) is 0 Å². The van der Waals surface area contributed by atoms with Gasteiger partial charge < -0.3 is 15.0 Å². The highest BCUT2D eigenvalue weighted by molar-refractivity contribution is 6.04. The number of ether oxygens (including phenoxy) is 1. The van der Waals surface area contributed by atoms with Crippen LogP contribution in [0.5, 0.6) is 5.75 Å². The smallest absolute Gasteiger partial charge is 0.119 e. The Balaban J connectivity index is 0.000000281. The molecule has 0 aliphatic carbocycles. The summed E-state index contributed by atoms with van der Waals surface area (Å²) in [4.78, 5) is 2.39.